The third-order valence-electron chi connectivity index (χ3n) is 6.34. The maximum Gasteiger partial charge on any atom is 0.223 e. The van der Waals surface area contributed by atoms with E-state index in [1.54, 1.807) is 0 Å². The van der Waals surface area contributed by atoms with Gasteiger partial charge in [0.25, 0.3) is 0 Å². The molecule has 4 heteroatoms. The zero-order valence-electron chi connectivity index (χ0n) is 14.7. The van der Waals surface area contributed by atoms with Crippen molar-refractivity contribution in [2.45, 2.75) is 37.0 Å². The molecule has 0 unspecified atom stereocenters. The van der Waals surface area contributed by atoms with Crippen LogP contribution in [0.4, 0.5) is 0 Å². The van der Waals surface area contributed by atoms with Gasteiger partial charge in [-0.15, -0.1) is 0 Å². The number of carbonyl (C=O) groups excluding carboxylic acids is 1. The zero-order chi connectivity index (χ0) is 16.6. The van der Waals surface area contributed by atoms with E-state index in [-0.39, 0.29) is 0 Å². The molecule has 24 heavy (non-hydrogen) atoms. The highest BCUT2D eigenvalue weighted by Gasteiger charge is 2.45. The molecule has 3 aliphatic rings. The van der Waals surface area contributed by atoms with Crippen LogP contribution in [-0.4, -0.2) is 62.1 Å². The summed E-state index contributed by atoms with van der Waals surface area (Å²) in [5, 5.41) is 0. The van der Waals surface area contributed by atoms with E-state index in [0.29, 0.717) is 36.9 Å². The summed E-state index contributed by atoms with van der Waals surface area (Å²) in [4.78, 5) is 17.2. The Hall–Kier alpha value is -1.39. The summed E-state index contributed by atoms with van der Waals surface area (Å²) in [5.41, 5.74) is 3.26. The van der Waals surface area contributed by atoms with Gasteiger partial charge in [0.15, 0.2) is 0 Å². The molecule has 1 spiro atoms. The fourth-order valence-corrected chi connectivity index (χ4v) is 4.88. The van der Waals surface area contributed by atoms with Crippen molar-refractivity contribution in [2.75, 3.05) is 46.4 Å². The molecule has 0 aromatic heterocycles. The number of hydrogen-bond donors (Lipinski definition) is 0. The first kappa shape index (κ1) is 16.1. The van der Waals surface area contributed by atoms with Gasteiger partial charge in [-0.25, -0.2) is 0 Å². The summed E-state index contributed by atoms with van der Waals surface area (Å²) in [6, 6.07) is 8.89. The second kappa shape index (κ2) is 6.49. The summed E-state index contributed by atoms with van der Waals surface area (Å²) in [6.07, 6.45) is 4.26. The highest BCUT2D eigenvalue weighted by molar-refractivity contribution is 5.77. The van der Waals surface area contributed by atoms with Gasteiger partial charge in [0, 0.05) is 19.5 Å². The highest BCUT2D eigenvalue weighted by atomic mass is 16.5. The van der Waals surface area contributed by atoms with Crippen LogP contribution in [0, 0.1) is 0 Å². The van der Waals surface area contributed by atoms with Gasteiger partial charge >= 0.3 is 0 Å². The summed E-state index contributed by atoms with van der Waals surface area (Å²) >= 11 is 0. The summed E-state index contributed by atoms with van der Waals surface area (Å²) in [6.45, 7) is 5.20. The molecule has 0 bridgehead atoms. The Bertz CT molecular complexity index is 601. The molecule has 0 radical (unpaired) electrons. The summed E-state index contributed by atoms with van der Waals surface area (Å²) < 4.78 is 5.38. The molecule has 2 fully saturated rings. The van der Waals surface area contributed by atoms with Gasteiger partial charge in [-0.3, -0.25) is 4.79 Å². The standard InChI is InChI=1S/C20H28N2O2/c1-21-8-6-20(7-9-21)15-16(17-4-2-3-5-18(17)20)14-19(23)22-10-12-24-13-11-22/h2-5,16H,6-15H2,1H3/t16-/m0/s1. The van der Waals surface area contributed by atoms with Gasteiger partial charge in [-0.05, 0) is 61.9 Å². The van der Waals surface area contributed by atoms with Crippen molar-refractivity contribution in [3.05, 3.63) is 35.4 Å². The van der Waals surface area contributed by atoms with Crippen LogP contribution in [0.2, 0.25) is 0 Å². The van der Waals surface area contributed by atoms with Crippen LogP contribution in [0.15, 0.2) is 24.3 Å². The minimum Gasteiger partial charge on any atom is -0.378 e. The van der Waals surface area contributed by atoms with Crippen LogP contribution in [0.3, 0.4) is 0 Å². The molecule has 1 aromatic rings. The lowest BCUT2D eigenvalue weighted by Gasteiger charge is -2.39. The second-order valence-electron chi connectivity index (χ2n) is 7.77. The van der Waals surface area contributed by atoms with Gasteiger partial charge in [-0.1, -0.05) is 24.3 Å². The topological polar surface area (TPSA) is 32.8 Å². The minimum atomic E-state index is 0.305. The van der Waals surface area contributed by atoms with E-state index in [1.165, 1.54) is 37.1 Å². The number of carbonyl (C=O) groups is 1. The Balaban J connectivity index is 1.53. The molecule has 4 rings (SSSR count). The first-order valence-corrected chi connectivity index (χ1v) is 9.31. The van der Waals surface area contributed by atoms with Gasteiger partial charge in [0.1, 0.15) is 0 Å². The van der Waals surface area contributed by atoms with E-state index in [1.807, 2.05) is 4.90 Å². The van der Waals surface area contributed by atoms with Gasteiger partial charge in [0.05, 0.1) is 13.2 Å². The maximum absolute atomic E-state index is 12.7. The minimum absolute atomic E-state index is 0.305. The largest absolute Gasteiger partial charge is 0.378 e. The molecule has 1 aromatic carbocycles. The number of hydrogen-bond acceptors (Lipinski definition) is 3. The number of likely N-dealkylation sites (tertiary alicyclic amines) is 1. The van der Waals surface area contributed by atoms with E-state index < -0.39 is 0 Å². The quantitative estimate of drug-likeness (QED) is 0.836. The molecule has 2 aliphatic heterocycles. The van der Waals surface area contributed by atoms with Crippen LogP contribution in [0.25, 0.3) is 0 Å². The number of amides is 1. The number of rotatable bonds is 2. The first-order chi connectivity index (χ1) is 11.7. The molecule has 0 saturated carbocycles. The van der Waals surface area contributed by atoms with Crippen LogP contribution in [0.1, 0.15) is 42.7 Å². The summed E-state index contributed by atoms with van der Waals surface area (Å²) in [5.74, 6) is 0.697. The third-order valence-corrected chi connectivity index (χ3v) is 6.34. The molecule has 130 valence electrons. The Labute approximate surface area is 144 Å². The predicted molar refractivity (Wildman–Crippen MR) is 94.2 cm³/mol. The predicted octanol–water partition coefficient (Wildman–Crippen LogP) is 2.39. The van der Waals surface area contributed by atoms with Crippen molar-refractivity contribution in [2.24, 2.45) is 0 Å². The number of fused-ring (bicyclic) bond motifs is 2. The molecule has 0 N–H and O–H groups in total. The average Bonchev–Trinajstić information content (AvgIpc) is 2.92. The fourth-order valence-electron chi connectivity index (χ4n) is 4.88. The molecule has 2 heterocycles. The lowest BCUT2D eigenvalue weighted by molar-refractivity contribution is -0.135. The van der Waals surface area contributed by atoms with Crippen molar-refractivity contribution < 1.29 is 9.53 Å². The van der Waals surface area contributed by atoms with E-state index in [2.05, 4.69) is 36.2 Å². The second-order valence-corrected chi connectivity index (χ2v) is 7.77. The molecular formula is C20H28N2O2. The molecule has 1 aliphatic carbocycles. The van der Waals surface area contributed by atoms with Crippen molar-refractivity contribution in [3.8, 4) is 0 Å². The number of ether oxygens (including phenoxy) is 1. The molecule has 2 saturated heterocycles. The first-order valence-electron chi connectivity index (χ1n) is 9.31. The van der Waals surface area contributed by atoms with Crippen molar-refractivity contribution >= 4 is 5.91 Å². The van der Waals surface area contributed by atoms with E-state index in [0.717, 1.165) is 19.5 Å². The highest BCUT2D eigenvalue weighted by Crippen LogP contribution is 2.52. The number of nitrogens with zero attached hydrogens (tertiary/aromatic N) is 2. The van der Waals surface area contributed by atoms with Crippen LogP contribution >= 0.6 is 0 Å². The molecular weight excluding hydrogens is 300 g/mol. The van der Waals surface area contributed by atoms with Crippen molar-refractivity contribution in [3.63, 3.8) is 0 Å². The summed E-state index contributed by atoms with van der Waals surface area (Å²) in [7, 11) is 2.22. The van der Waals surface area contributed by atoms with Gasteiger partial charge in [0.2, 0.25) is 5.91 Å². The van der Waals surface area contributed by atoms with Gasteiger partial charge in [-0.2, -0.15) is 0 Å². The van der Waals surface area contributed by atoms with Crippen molar-refractivity contribution in [1.82, 2.24) is 9.80 Å². The lowest BCUT2D eigenvalue weighted by Crippen LogP contribution is -2.41. The Morgan fingerprint density at radius 3 is 2.62 bits per heavy atom. The van der Waals surface area contributed by atoms with E-state index in [4.69, 9.17) is 4.74 Å². The van der Waals surface area contributed by atoms with E-state index in [9.17, 15) is 4.79 Å². The molecule has 4 nitrogen and oxygen atoms in total. The molecule has 1 amide bonds. The normalized spacial score (nSPS) is 26.5. The Morgan fingerprint density at radius 2 is 1.88 bits per heavy atom. The van der Waals surface area contributed by atoms with E-state index >= 15 is 0 Å². The Kier molecular flexibility index (Phi) is 4.35. The third kappa shape index (κ3) is 2.86. The molecule has 1 atom stereocenters. The van der Waals surface area contributed by atoms with Crippen LogP contribution < -0.4 is 0 Å². The fraction of sp³-hybridized carbons (Fsp3) is 0.650. The monoisotopic (exact) mass is 328 g/mol. The zero-order valence-corrected chi connectivity index (χ0v) is 14.7. The van der Waals surface area contributed by atoms with Crippen LogP contribution in [0.5, 0.6) is 0 Å². The number of benzene rings is 1. The van der Waals surface area contributed by atoms with Gasteiger partial charge < -0.3 is 14.5 Å². The average molecular weight is 328 g/mol. The Morgan fingerprint density at radius 1 is 1.17 bits per heavy atom. The van der Waals surface area contributed by atoms with Crippen LogP contribution in [-0.2, 0) is 14.9 Å². The van der Waals surface area contributed by atoms with Crippen molar-refractivity contribution in [1.29, 1.82) is 0 Å². The smallest absolute Gasteiger partial charge is 0.223 e. The number of piperidine rings is 1. The lowest BCUT2D eigenvalue weighted by atomic mass is 9.73. The number of morpholine rings is 1. The maximum atomic E-state index is 12.7. The SMILES string of the molecule is CN1CCC2(CC1)C[C@H](CC(=O)N1CCOCC1)c1ccccc12.